The van der Waals surface area contributed by atoms with E-state index in [1.54, 1.807) is 55.6 Å². The number of carbonyl (C=O) groups is 2. The van der Waals surface area contributed by atoms with E-state index in [-0.39, 0.29) is 19.1 Å². The van der Waals surface area contributed by atoms with Crippen molar-refractivity contribution in [1.29, 1.82) is 0 Å². The zero-order valence-corrected chi connectivity index (χ0v) is 15.4. The number of halogens is 1. The van der Waals surface area contributed by atoms with Crippen LogP contribution in [0.2, 0.25) is 5.02 Å². The van der Waals surface area contributed by atoms with Gasteiger partial charge in [-0.25, -0.2) is 4.79 Å². The molecule has 0 spiro atoms. The molecule has 0 radical (unpaired) electrons. The minimum Gasteiger partial charge on any atom is -0.497 e. The van der Waals surface area contributed by atoms with Crippen LogP contribution in [-0.4, -0.2) is 44.9 Å². The lowest BCUT2D eigenvalue weighted by atomic mass is 10.2. The number of ether oxygens (including phenoxy) is 3. The first-order chi connectivity index (χ1) is 13.0. The SMILES string of the molecule is COc1cccc(N2CC(CNC(=O)COc3ccc(Cl)cc3)OC2=O)c1. The van der Waals surface area contributed by atoms with Crippen LogP contribution < -0.4 is 19.7 Å². The van der Waals surface area contributed by atoms with Crippen molar-refractivity contribution in [2.24, 2.45) is 0 Å². The number of cyclic esters (lactones) is 1. The Labute approximate surface area is 161 Å². The van der Waals surface area contributed by atoms with Crippen molar-refractivity contribution in [1.82, 2.24) is 5.32 Å². The quantitative estimate of drug-likeness (QED) is 0.786. The molecule has 1 saturated heterocycles. The summed E-state index contributed by atoms with van der Waals surface area (Å²) in [5, 5.41) is 3.30. The number of hydrogen-bond acceptors (Lipinski definition) is 5. The molecule has 0 aliphatic carbocycles. The van der Waals surface area contributed by atoms with Crippen LogP contribution >= 0.6 is 11.6 Å². The van der Waals surface area contributed by atoms with E-state index in [9.17, 15) is 9.59 Å². The van der Waals surface area contributed by atoms with Crippen LogP contribution in [0.25, 0.3) is 0 Å². The van der Waals surface area contributed by atoms with Gasteiger partial charge in [0.2, 0.25) is 0 Å². The Morgan fingerprint density at radius 1 is 1.26 bits per heavy atom. The number of nitrogens with zero attached hydrogens (tertiary/aromatic N) is 1. The number of carbonyl (C=O) groups excluding carboxylic acids is 2. The van der Waals surface area contributed by atoms with Gasteiger partial charge in [-0.1, -0.05) is 17.7 Å². The number of amides is 2. The highest BCUT2D eigenvalue weighted by Crippen LogP contribution is 2.25. The smallest absolute Gasteiger partial charge is 0.414 e. The molecule has 142 valence electrons. The summed E-state index contributed by atoms with van der Waals surface area (Å²) < 4.78 is 15.8. The van der Waals surface area contributed by atoms with Crippen molar-refractivity contribution in [2.45, 2.75) is 6.10 Å². The first-order valence-corrected chi connectivity index (χ1v) is 8.70. The number of rotatable bonds is 7. The fourth-order valence-electron chi connectivity index (χ4n) is 2.58. The molecule has 0 aromatic heterocycles. The predicted molar refractivity (Wildman–Crippen MR) is 101 cm³/mol. The molecule has 2 amide bonds. The molecule has 1 N–H and O–H groups in total. The number of nitrogens with one attached hydrogen (secondary N) is 1. The van der Waals surface area contributed by atoms with Gasteiger partial charge in [0, 0.05) is 11.1 Å². The third kappa shape index (κ3) is 5.04. The van der Waals surface area contributed by atoms with Gasteiger partial charge in [0.1, 0.15) is 17.6 Å². The Balaban J connectivity index is 1.46. The standard InChI is InChI=1S/C19H19ClN2O5/c1-25-16-4-2-3-14(9-16)22-11-17(27-19(22)24)10-21-18(23)12-26-15-7-5-13(20)6-8-15/h2-9,17H,10-12H2,1H3,(H,21,23). The first kappa shape index (κ1) is 18.8. The molecule has 1 aliphatic heterocycles. The lowest BCUT2D eigenvalue weighted by Gasteiger charge is -2.14. The normalized spacial score (nSPS) is 16.0. The van der Waals surface area contributed by atoms with Crippen molar-refractivity contribution in [3.05, 3.63) is 53.6 Å². The molecule has 1 fully saturated rings. The van der Waals surface area contributed by atoms with Gasteiger partial charge in [-0.2, -0.15) is 0 Å². The summed E-state index contributed by atoms with van der Waals surface area (Å²) in [6.45, 7) is 0.404. The zero-order valence-electron chi connectivity index (χ0n) is 14.7. The molecule has 3 rings (SSSR count). The van der Waals surface area contributed by atoms with Gasteiger partial charge in [0.05, 0.1) is 25.9 Å². The van der Waals surface area contributed by atoms with Crippen LogP contribution in [0.5, 0.6) is 11.5 Å². The highest BCUT2D eigenvalue weighted by molar-refractivity contribution is 6.30. The van der Waals surface area contributed by atoms with Crippen LogP contribution in [0, 0.1) is 0 Å². The topological polar surface area (TPSA) is 77.1 Å². The maximum atomic E-state index is 12.1. The Morgan fingerprint density at radius 3 is 2.78 bits per heavy atom. The molecule has 0 saturated carbocycles. The van der Waals surface area contributed by atoms with E-state index in [4.69, 9.17) is 25.8 Å². The second kappa shape index (κ2) is 8.64. The van der Waals surface area contributed by atoms with Crippen molar-refractivity contribution in [3.8, 4) is 11.5 Å². The molecule has 1 unspecified atom stereocenters. The van der Waals surface area contributed by atoms with Gasteiger partial charge < -0.3 is 19.5 Å². The van der Waals surface area contributed by atoms with E-state index in [1.807, 2.05) is 0 Å². The van der Waals surface area contributed by atoms with E-state index in [1.165, 1.54) is 4.90 Å². The van der Waals surface area contributed by atoms with E-state index in [0.29, 0.717) is 28.8 Å². The molecular weight excluding hydrogens is 372 g/mol. The second-order valence-electron chi connectivity index (χ2n) is 5.86. The summed E-state index contributed by atoms with van der Waals surface area (Å²) in [5.74, 6) is 0.892. The van der Waals surface area contributed by atoms with Gasteiger partial charge in [-0.15, -0.1) is 0 Å². The van der Waals surface area contributed by atoms with Crippen LogP contribution in [0.15, 0.2) is 48.5 Å². The van der Waals surface area contributed by atoms with Crippen molar-refractivity contribution >= 4 is 29.3 Å². The van der Waals surface area contributed by atoms with Crippen LogP contribution in [0.1, 0.15) is 0 Å². The lowest BCUT2D eigenvalue weighted by molar-refractivity contribution is -0.123. The third-order valence-corrected chi connectivity index (χ3v) is 4.20. The third-order valence-electron chi connectivity index (χ3n) is 3.95. The maximum absolute atomic E-state index is 12.1. The highest BCUT2D eigenvalue weighted by atomic mass is 35.5. The Morgan fingerprint density at radius 2 is 2.04 bits per heavy atom. The first-order valence-electron chi connectivity index (χ1n) is 8.32. The monoisotopic (exact) mass is 390 g/mol. The molecule has 1 aliphatic rings. The maximum Gasteiger partial charge on any atom is 0.414 e. The number of benzene rings is 2. The largest absolute Gasteiger partial charge is 0.497 e. The van der Waals surface area contributed by atoms with Crippen molar-refractivity contribution in [3.63, 3.8) is 0 Å². The molecule has 2 aromatic carbocycles. The summed E-state index contributed by atoms with van der Waals surface area (Å²) in [7, 11) is 1.56. The van der Waals surface area contributed by atoms with E-state index < -0.39 is 12.2 Å². The van der Waals surface area contributed by atoms with E-state index >= 15 is 0 Å². The summed E-state index contributed by atoms with van der Waals surface area (Å²) in [5.41, 5.74) is 0.680. The Kier molecular flexibility index (Phi) is 6.03. The summed E-state index contributed by atoms with van der Waals surface area (Å²) in [6.07, 6.45) is -0.900. The number of methoxy groups -OCH3 is 1. The van der Waals surface area contributed by atoms with Gasteiger partial charge in [0.15, 0.2) is 6.61 Å². The molecular formula is C19H19ClN2O5. The molecule has 8 heteroatoms. The fraction of sp³-hybridized carbons (Fsp3) is 0.263. The summed E-state index contributed by atoms with van der Waals surface area (Å²) in [6, 6.07) is 13.9. The van der Waals surface area contributed by atoms with Gasteiger partial charge in [-0.05, 0) is 36.4 Å². The van der Waals surface area contributed by atoms with Crippen molar-refractivity contribution in [2.75, 3.05) is 31.7 Å². The lowest BCUT2D eigenvalue weighted by Crippen LogP contribution is -2.37. The average molecular weight is 391 g/mol. The van der Waals surface area contributed by atoms with Crippen LogP contribution in [0.3, 0.4) is 0 Å². The minimum absolute atomic E-state index is 0.137. The van der Waals surface area contributed by atoms with Crippen molar-refractivity contribution < 1.29 is 23.8 Å². The van der Waals surface area contributed by atoms with Gasteiger partial charge in [-0.3, -0.25) is 9.69 Å². The summed E-state index contributed by atoms with van der Waals surface area (Å²) >= 11 is 5.79. The molecule has 7 nitrogen and oxygen atoms in total. The van der Waals surface area contributed by atoms with E-state index in [0.717, 1.165) is 0 Å². The summed E-state index contributed by atoms with van der Waals surface area (Å²) in [4.78, 5) is 25.5. The highest BCUT2D eigenvalue weighted by Gasteiger charge is 2.32. The zero-order chi connectivity index (χ0) is 19.2. The Hall–Kier alpha value is -2.93. The molecule has 1 heterocycles. The number of hydrogen-bond donors (Lipinski definition) is 1. The van der Waals surface area contributed by atoms with E-state index in [2.05, 4.69) is 5.32 Å². The van der Waals surface area contributed by atoms with Gasteiger partial charge >= 0.3 is 6.09 Å². The average Bonchev–Trinajstić information content (AvgIpc) is 3.06. The van der Waals surface area contributed by atoms with Crippen LogP contribution in [0.4, 0.5) is 10.5 Å². The molecule has 27 heavy (non-hydrogen) atoms. The molecule has 1 atom stereocenters. The Bertz CT molecular complexity index is 812. The number of anilines is 1. The van der Waals surface area contributed by atoms with Gasteiger partial charge in [0.25, 0.3) is 5.91 Å². The predicted octanol–water partition coefficient (Wildman–Crippen LogP) is 2.87. The minimum atomic E-state index is -0.458. The molecule has 2 aromatic rings. The van der Waals surface area contributed by atoms with Crippen LogP contribution in [-0.2, 0) is 9.53 Å². The molecule has 0 bridgehead atoms. The fourth-order valence-corrected chi connectivity index (χ4v) is 2.70. The second-order valence-corrected chi connectivity index (χ2v) is 6.30.